The molecule has 0 atom stereocenters. The Hall–Kier alpha value is -1.23. The molecule has 0 saturated carbocycles. The largest absolute Gasteiger partial charge is 0.341 e. The van der Waals surface area contributed by atoms with Gasteiger partial charge in [-0.1, -0.05) is 25.4 Å². The van der Waals surface area contributed by atoms with Crippen molar-refractivity contribution in [2.75, 3.05) is 0 Å². The number of aromatic amines is 1. The monoisotopic (exact) mass is 202 g/mol. The highest BCUT2D eigenvalue weighted by Gasteiger charge is 2.05. The number of halogens is 2. The van der Waals surface area contributed by atoms with Gasteiger partial charge in [-0.05, 0) is 0 Å². The summed E-state index contributed by atoms with van der Waals surface area (Å²) in [6, 6.07) is 0. The fraction of sp³-hybridized carbons (Fsp3) is 0.286. The predicted molar refractivity (Wildman–Crippen MR) is 48.0 cm³/mol. The summed E-state index contributed by atoms with van der Waals surface area (Å²) < 4.78 is 12.4. The molecule has 0 spiro atoms. The van der Waals surface area contributed by atoms with Crippen LogP contribution in [-0.2, 0) is 0 Å². The van der Waals surface area contributed by atoms with Crippen molar-refractivity contribution in [1.82, 2.24) is 19.9 Å². The van der Waals surface area contributed by atoms with Gasteiger partial charge in [-0.15, -0.1) is 0 Å². The summed E-state index contributed by atoms with van der Waals surface area (Å²) >= 11 is 5.54. The fourth-order valence-electron chi connectivity index (χ4n) is 0.773. The second kappa shape index (κ2) is 4.13. The maximum Gasteiger partial charge on any atom is 0.312 e. The van der Waals surface area contributed by atoms with Crippen molar-refractivity contribution < 1.29 is 4.39 Å². The summed E-state index contributed by atoms with van der Waals surface area (Å²) in [6.45, 7) is 4.00. The van der Waals surface area contributed by atoms with E-state index in [4.69, 9.17) is 11.6 Å². The van der Waals surface area contributed by atoms with Gasteiger partial charge in [0.05, 0.1) is 6.33 Å². The van der Waals surface area contributed by atoms with Crippen molar-refractivity contribution in [3.63, 3.8) is 0 Å². The third-order valence-electron chi connectivity index (χ3n) is 1.21. The minimum atomic E-state index is -0.866. The standard InChI is InChI=1S/C5H2ClFN4.C2H6/c6-3-2-4(9-1-8-2)11-5(7)10-3;1-2/h1H,(H,8,9,10,11);1-2H3. The molecule has 0 saturated heterocycles. The number of aromatic nitrogens is 4. The molecule has 0 radical (unpaired) electrons. The van der Waals surface area contributed by atoms with Crippen LogP contribution in [0.1, 0.15) is 13.8 Å². The molecular weight excluding hydrogens is 195 g/mol. The lowest BCUT2D eigenvalue weighted by molar-refractivity contribution is 0.544. The lowest BCUT2D eigenvalue weighted by atomic mass is 10.6. The quantitative estimate of drug-likeness (QED) is 0.526. The summed E-state index contributed by atoms with van der Waals surface area (Å²) in [4.78, 5) is 13.1. The molecule has 4 nitrogen and oxygen atoms in total. The smallest absolute Gasteiger partial charge is 0.312 e. The van der Waals surface area contributed by atoms with Gasteiger partial charge in [0.15, 0.2) is 10.8 Å². The Balaban J connectivity index is 0.000000396. The molecule has 2 rings (SSSR count). The number of rotatable bonds is 0. The van der Waals surface area contributed by atoms with E-state index in [1.165, 1.54) is 6.33 Å². The minimum Gasteiger partial charge on any atom is -0.341 e. The second-order valence-electron chi connectivity index (χ2n) is 1.88. The van der Waals surface area contributed by atoms with Gasteiger partial charge in [0.1, 0.15) is 5.52 Å². The fourth-order valence-corrected chi connectivity index (χ4v) is 0.982. The molecule has 0 aliphatic carbocycles. The van der Waals surface area contributed by atoms with Gasteiger partial charge >= 0.3 is 6.08 Å². The van der Waals surface area contributed by atoms with Crippen LogP contribution in [-0.4, -0.2) is 19.9 Å². The molecule has 1 N–H and O–H groups in total. The number of imidazole rings is 1. The van der Waals surface area contributed by atoms with Gasteiger partial charge in [-0.25, -0.2) is 4.98 Å². The summed E-state index contributed by atoms with van der Waals surface area (Å²) in [7, 11) is 0. The molecule has 0 aromatic carbocycles. The number of hydrogen-bond acceptors (Lipinski definition) is 3. The third kappa shape index (κ3) is 1.92. The summed E-state index contributed by atoms with van der Waals surface area (Å²) in [5, 5.41) is 0.0463. The van der Waals surface area contributed by atoms with E-state index in [1.54, 1.807) is 0 Å². The van der Waals surface area contributed by atoms with Crippen LogP contribution in [0.2, 0.25) is 5.15 Å². The maximum absolute atomic E-state index is 12.4. The summed E-state index contributed by atoms with van der Waals surface area (Å²) in [6.07, 6.45) is 0.514. The van der Waals surface area contributed by atoms with Gasteiger partial charge in [-0.3, -0.25) is 0 Å². The van der Waals surface area contributed by atoms with Crippen LogP contribution < -0.4 is 0 Å². The zero-order chi connectivity index (χ0) is 9.84. The van der Waals surface area contributed by atoms with Gasteiger partial charge in [0.2, 0.25) is 0 Å². The molecule has 0 bridgehead atoms. The van der Waals surface area contributed by atoms with Crippen LogP contribution in [0.4, 0.5) is 4.39 Å². The molecule has 2 aromatic rings. The SMILES string of the molecule is CC.Fc1nc(Cl)c2[nH]cnc2n1. The first-order valence-corrected chi connectivity index (χ1v) is 4.17. The zero-order valence-corrected chi connectivity index (χ0v) is 7.93. The molecular formula is C7H8ClFN4. The normalized spacial score (nSPS) is 9.54. The average molecular weight is 203 g/mol. The van der Waals surface area contributed by atoms with E-state index in [2.05, 4.69) is 19.9 Å². The van der Waals surface area contributed by atoms with Gasteiger partial charge in [-0.2, -0.15) is 14.4 Å². The molecule has 0 amide bonds. The van der Waals surface area contributed by atoms with Gasteiger partial charge in [0.25, 0.3) is 0 Å². The molecule has 6 heteroatoms. The highest BCUT2D eigenvalue weighted by atomic mass is 35.5. The Labute approximate surface area is 79.2 Å². The molecule has 0 aliphatic heterocycles. The summed E-state index contributed by atoms with van der Waals surface area (Å²) in [5.41, 5.74) is 0.690. The number of nitrogens with zero attached hydrogens (tertiary/aromatic N) is 3. The molecule has 2 aromatic heterocycles. The van der Waals surface area contributed by atoms with E-state index in [-0.39, 0.29) is 10.8 Å². The van der Waals surface area contributed by atoms with E-state index in [0.29, 0.717) is 5.52 Å². The molecule has 0 unspecified atom stereocenters. The summed E-state index contributed by atoms with van der Waals surface area (Å²) in [5.74, 6) is 0. The number of hydrogen-bond donors (Lipinski definition) is 1. The van der Waals surface area contributed by atoms with Crippen molar-refractivity contribution in [3.05, 3.63) is 17.6 Å². The van der Waals surface area contributed by atoms with Crippen LogP contribution in [0, 0.1) is 6.08 Å². The predicted octanol–water partition coefficient (Wildman–Crippen LogP) is 2.17. The Bertz CT molecular complexity index is 400. The zero-order valence-electron chi connectivity index (χ0n) is 7.17. The first-order chi connectivity index (χ1) is 6.27. The molecule has 13 heavy (non-hydrogen) atoms. The molecule has 0 aliphatic rings. The minimum absolute atomic E-state index is 0.0463. The molecule has 0 fully saturated rings. The first kappa shape index (κ1) is 9.85. The molecule has 2 heterocycles. The average Bonchev–Trinajstić information content (AvgIpc) is 2.55. The Morgan fingerprint density at radius 2 is 2.08 bits per heavy atom. The Morgan fingerprint density at radius 3 is 2.77 bits per heavy atom. The van der Waals surface area contributed by atoms with Crippen LogP contribution in [0.25, 0.3) is 11.2 Å². The second-order valence-corrected chi connectivity index (χ2v) is 2.24. The van der Waals surface area contributed by atoms with Gasteiger partial charge in [0, 0.05) is 0 Å². The van der Waals surface area contributed by atoms with Crippen LogP contribution in [0.15, 0.2) is 6.33 Å². The van der Waals surface area contributed by atoms with Crippen molar-refractivity contribution in [1.29, 1.82) is 0 Å². The van der Waals surface area contributed by atoms with Crippen molar-refractivity contribution in [2.45, 2.75) is 13.8 Å². The van der Waals surface area contributed by atoms with Crippen LogP contribution in [0.5, 0.6) is 0 Å². The Kier molecular flexibility index (Phi) is 3.13. The number of fused-ring (bicyclic) bond motifs is 1. The van der Waals surface area contributed by atoms with E-state index >= 15 is 0 Å². The lowest BCUT2D eigenvalue weighted by Gasteiger charge is -1.89. The van der Waals surface area contributed by atoms with E-state index in [1.807, 2.05) is 13.8 Å². The number of nitrogens with one attached hydrogen (secondary N) is 1. The van der Waals surface area contributed by atoms with Gasteiger partial charge < -0.3 is 4.98 Å². The van der Waals surface area contributed by atoms with Crippen molar-refractivity contribution in [3.8, 4) is 0 Å². The highest BCUT2D eigenvalue weighted by Crippen LogP contribution is 2.14. The topological polar surface area (TPSA) is 54.5 Å². The lowest BCUT2D eigenvalue weighted by Crippen LogP contribution is -1.90. The van der Waals surface area contributed by atoms with Crippen LogP contribution >= 0.6 is 11.6 Å². The van der Waals surface area contributed by atoms with E-state index in [0.717, 1.165) is 0 Å². The third-order valence-corrected chi connectivity index (χ3v) is 1.49. The molecule has 70 valence electrons. The first-order valence-electron chi connectivity index (χ1n) is 3.79. The van der Waals surface area contributed by atoms with Crippen LogP contribution in [0.3, 0.4) is 0 Å². The highest BCUT2D eigenvalue weighted by molar-refractivity contribution is 6.33. The van der Waals surface area contributed by atoms with E-state index in [9.17, 15) is 4.39 Å². The van der Waals surface area contributed by atoms with Crippen molar-refractivity contribution in [2.24, 2.45) is 0 Å². The maximum atomic E-state index is 12.4. The number of H-pyrrole nitrogens is 1. The van der Waals surface area contributed by atoms with Crippen molar-refractivity contribution >= 4 is 22.8 Å². The van der Waals surface area contributed by atoms with E-state index < -0.39 is 6.08 Å². The Morgan fingerprint density at radius 1 is 1.38 bits per heavy atom.